The van der Waals surface area contributed by atoms with Crippen LogP contribution in [0.15, 0.2) is 36.4 Å². The van der Waals surface area contributed by atoms with E-state index in [0.29, 0.717) is 11.6 Å². The van der Waals surface area contributed by atoms with Gasteiger partial charge in [-0.05, 0) is 43.7 Å². The van der Waals surface area contributed by atoms with Gasteiger partial charge < -0.3 is 10.4 Å². The molecule has 2 aromatic carbocycles. The number of aliphatic hydroxyl groups is 1. The van der Waals surface area contributed by atoms with Crippen LogP contribution in [-0.2, 0) is 5.60 Å². The van der Waals surface area contributed by atoms with Gasteiger partial charge in [0.15, 0.2) is 0 Å². The third-order valence-corrected chi connectivity index (χ3v) is 3.52. The monoisotopic (exact) mass is 323 g/mol. The lowest BCUT2D eigenvalue weighted by Crippen LogP contribution is -2.39. The van der Waals surface area contributed by atoms with Crippen molar-refractivity contribution in [2.24, 2.45) is 0 Å². The molecule has 0 saturated heterocycles. The van der Waals surface area contributed by atoms with E-state index < -0.39 is 29.0 Å². The summed E-state index contributed by atoms with van der Waals surface area (Å²) in [5.74, 6) is -2.62. The predicted molar refractivity (Wildman–Crippen MR) is 79.4 cm³/mol. The smallest absolute Gasteiger partial charge is 0.251 e. The largest absolute Gasteiger partial charge is 0.383 e. The van der Waals surface area contributed by atoms with Crippen LogP contribution in [0, 0.1) is 24.4 Å². The zero-order valence-electron chi connectivity index (χ0n) is 12.7. The van der Waals surface area contributed by atoms with Gasteiger partial charge in [0, 0.05) is 17.2 Å². The van der Waals surface area contributed by atoms with E-state index in [4.69, 9.17) is 0 Å². The number of amides is 1. The van der Waals surface area contributed by atoms with E-state index in [0.717, 1.165) is 12.1 Å². The van der Waals surface area contributed by atoms with Gasteiger partial charge in [-0.2, -0.15) is 0 Å². The first-order chi connectivity index (χ1) is 10.7. The molecular weight excluding hydrogens is 307 g/mol. The van der Waals surface area contributed by atoms with Crippen LogP contribution in [0.2, 0.25) is 0 Å². The van der Waals surface area contributed by atoms with E-state index in [1.54, 1.807) is 0 Å². The van der Waals surface area contributed by atoms with Crippen LogP contribution in [-0.4, -0.2) is 17.6 Å². The number of nitrogens with one attached hydrogen (secondary N) is 1. The lowest BCUT2D eigenvalue weighted by Gasteiger charge is -2.24. The molecular formula is C17H16F3NO2. The molecule has 0 aliphatic heterocycles. The molecule has 0 bridgehead atoms. The molecule has 3 nitrogen and oxygen atoms in total. The minimum Gasteiger partial charge on any atom is -0.383 e. The Morgan fingerprint density at radius 1 is 1.13 bits per heavy atom. The molecule has 122 valence electrons. The Balaban J connectivity index is 2.11. The van der Waals surface area contributed by atoms with E-state index in [2.05, 4.69) is 5.32 Å². The summed E-state index contributed by atoms with van der Waals surface area (Å²) in [6, 6.07) is 6.66. The van der Waals surface area contributed by atoms with Gasteiger partial charge in [0.2, 0.25) is 0 Å². The van der Waals surface area contributed by atoms with Crippen LogP contribution in [0.1, 0.15) is 28.4 Å². The summed E-state index contributed by atoms with van der Waals surface area (Å²) in [7, 11) is 0. The van der Waals surface area contributed by atoms with Crippen LogP contribution in [0.4, 0.5) is 13.2 Å². The lowest BCUT2D eigenvalue weighted by molar-refractivity contribution is 0.0494. The molecule has 0 heterocycles. The van der Waals surface area contributed by atoms with Crippen LogP contribution in [0.5, 0.6) is 0 Å². The zero-order valence-corrected chi connectivity index (χ0v) is 12.7. The molecule has 23 heavy (non-hydrogen) atoms. The second-order valence-corrected chi connectivity index (χ2v) is 5.54. The van der Waals surface area contributed by atoms with Crippen LogP contribution in [0.25, 0.3) is 0 Å². The summed E-state index contributed by atoms with van der Waals surface area (Å²) < 4.78 is 39.8. The number of halogens is 3. The minimum absolute atomic E-state index is 0.130. The second-order valence-electron chi connectivity index (χ2n) is 5.54. The standard InChI is InChI=1S/C17H16F3NO2/c1-10-7-11(3-6-14(10)19)16(22)21-9-17(2,23)13-5-4-12(18)8-15(13)20/h3-8,23H,9H2,1-2H3,(H,21,22). The quantitative estimate of drug-likeness (QED) is 0.908. The van der Waals surface area contributed by atoms with Crippen molar-refractivity contribution in [3.63, 3.8) is 0 Å². The van der Waals surface area contributed by atoms with E-state index >= 15 is 0 Å². The number of hydrogen-bond acceptors (Lipinski definition) is 2. The lowest BCUT2D eigenvalue weighted by atomic mass is 9.95. The van der Waals surface area contributed by atoms with Gasteiger partial charge in [-0.1, -0.05) is 6.07 Å². The molecule has 0 aliphatic rings. The number of benzene rings is 2. The number of carbonyl (C=O) groups excluding carboxylic acids is 1. The Bertz CT molecular complexity index is 745. The van der Waals surface area contributed by atoms with Gasteiger partial charge in [-0.25, -0.2) is 13.2 Å². The van der Waals surface area contributed by atoms with E-state index in [-0.39, 0.29) is 17.7 Å². The maximum absolute atomic E-state index is 13.7. The Labute approximate surface area is 131 Å². The van der Waals surface area contributed by atoms with Gasteiger partial charge in [0.1, 0.15) is 23.1 Å². The van der Waals surface area contributed by atoms with Crippen molar-refractivity contribution in [1.29, 1.82) is 0 Å². The van der Waals surface area contributed by atoms with Crippen molar-refractivity contribution in [3.05, 3.63) is 70.5 Å². The molecule has 0 fully saturated rings. The van der Waals surface area contributed by atoms with Crippen molar-refractivity contribution in [2.75, 3.05) is 6.54 Å². The highest BCUT2D eigenvalue weighted by Gasteiger charge is 2.27. The topological polar surface area (TPSA) is 49.3 Å². The van der Waals surface area contributed by atoms with Gasteiger partial charge >= 0.3 is 0 Å². The molecule has 1 unspecified atom stereocenters. The molecule has 0 radical (unpaired) electrons. The predicted octanol–water partition coefficient (Wildman–Crippen LogP) is 3.05. The summed E-state index contributed by atoms with van der Waals surface area (Å²) in [6.45, 7) is 2.54. The third kappa shape index (κ3) is 3.90. The Hall–Kier alpha value is -2.34. The van der Waals surface area contributed by atoms with Crippen molar-refractivity contribution in [3.8, 4) is 0 Å². The minimum atomic E-state index is -1.72. The van der Waals surface area contributed by atoms with E-state index in [1.165, 1.54) is 32.0 Å². The maximum Gasteiger partial charge on any atom is 0.251 e. The van der Waals surface area contributed by atoms with Gasteiger partial charge in [-0.15, -0.1) is 0 Å². The molecule has 1 amide bonds. The van der Waals surface area contributed by atoms with E-state index in [9.17, 15) is 23.1 Å². The number of aryl methyl sites for hydroxylation is 1. The summed E-state index contributed by atoms with van der Waals surface area (Å²) in [5.41, 5.74) is -1.31. The van der Waals surface area contributed by atoms with Crippen molar-refractivity contribution >= 4 is 5.91 Å². The Morgan fingerprint density at radius 3 is 2.43 bits per heavy atom. The fraction of sp³-hybridized carbons (Fsp3) is 0.235. The van der Waals surface area contributed by atoms with Gasteiger partial charge in [-0.3, -0.25) is 4.79 Å². The number of rotatable bonds is 4. The molecule has 0 aromatic heterocycles. The van der Waals surface area contributed by atoms with E-state index in [1.807, 2.05) is 0 Å². The molecule has 2 N–H and O–H groups in total. The van der Waals surface area contributed by atoms with Gasteiger partial charge in [0.05, 0.1) is 6.54 Å². The first-order valence-electron chi connectivity index (χ1n) is 6.93. The van der Waals surface area contributed by atoms with Gasteiger partial charge in [0.25, 0.3) is 5.91 Å². The number of hydrogen-bond donors (Lipinski definition) is 2. The Morgan fingerprint density at radius 2 is 1.83 bits per heavy atom. The van der Waals surface area contributed by atoms with Crippen LogP contribution in [0.3, 0.4) is 0 Å². The Kier molecular flexibility index (Phi) is 4.75. The highest BCUT2D eigenvalue weighted by atomic mass is 19.1. The summed E-state index contributed by atoms with van der Waals surface area (Å²) in [4.78, 5) is 12.0. The second kappa shape index (κ2) is 6.42. The maximum atomic E-state index is 13.7. The summed E-state index contributed by atoms with van der Waals surface area (Å²) in [6.07, 6.45) is 0. The van der Waals surface area contributed by atoms with Crippen LogP contribution < -0.4 is 5.32 Å². The zero-order chi connectivity index (χ0) is 17.2. The first-order valence-corrected chi connectivity index (χ1v) is 6.93. The summed E-state index contributed by atoms with van der Waals surface area (Å²) in [5, 5.41) is 12.8. The van der Waals surface area contributed by atoms with Crippen molar-refractivity contribution < 1.29 is 23.1 Å². The normalized spacial score (nSPS) is 13.5. The molecule has 1 atom stereocenters. The molecule has 0 saturated carbocycles. The molecule has 2 aromatic rings. The third-order valence-electron chi connectivity index (χ3n) is 3.52. The van der Waals surface area contributed by atoms with Crippen molar-refractivity contribution in [2.45, 2.75) is 19.4 Å². The number of carbonyl (C=O) groups is 1. The molecule has 6 heteroatoms. The van der Waals surface area contributed by atoms with Crippen molar-refractivity contribution in [1.82, 2.24) is 5.32 Å². The van der Waals surface area contributed by atoms with Crippen LogP contribution >= 0.6 is 0 Å². The fourth-order valence-electron chi connectivity index (χ4n) is 2.16. The SMILES string of the molecule is Cc1cc(C(=O)NCC(C)(O)c2ccc(F)cc2F)ccc1F. The average Bonchev–Trinajstić information content (AvgIpc) is 2.47. The summed E-state index contributed by atoms with van der Waals surface area (Å²) >= 11 is 0. The molecule has 0 spiro atoms. The highest BCUT2D eigenvalue weighted by molar-refractivity contribution is 5.94. The fourth-order valence-corrected chi connectivity index (χ4v) is 2.16. The highest BCUT2D eigenvalue weighted by Crippen LogP contribution is 2.23. The molecule has 2 rings (SSSR count). The molecule has 0 aliphatic carbocycles. The average molecular weight is 323 g/mol. The first kappa shape index (κ1) is 17.0.